The van der Waals surface area contributed by atoms with Gasteiger partial charge in [0.15, 0.2) is 0 Å². The number of carbonyl (C=O) groups is 2. The van der Waals surface area contributed by atoms with Gasteiger partial charge in [0.05, 0.1) is 6.54 Å². The largest absolute Gasteiger partial charge is 0.335 e. The number of benzene rings is 2. The third kappa shape index (κ3) is 6.57. The lowest BCUT2D eigenvalue weighted by Crippen LogP contribution is -2.47. The molecule has 0 spiro atoms. The summed E-state index contributed by atoms with van der Waals surface area (Å²) in [4.78, 5) is 26.8. The third-order valence-electron chi connectivity index (χ3n) is 6.59. The molecule has 1 saturated carbocycles. The van der Waals surface area contributed by atoms with Gasteiger partial charge in [0.2, 0.25) is 5.91 Å². The molecule has 4 rings (SSSR count). The first kappa shape index (κ1) is 22.3. The summed E-state index contributed by atoms with van der Waals surface area (Å²) in [6.07, 6.45) is 8.25. The highest BCUT2D eigenvalue weighted by molar-refractivity contribution is 5.92. The summed E-state index contributed by atoms with van der Waals surface area (Å²) in [7, 11) is 0. The van der Waals surface area contributed by atoms with Crippen LogP contribution in [0.5, 0.6) is 0 Å². The van der Waals surface area contributed by atoms with Crippen LogP contribution in [0.2, 0.25) is 0 Å². The molecule has 2 aromatic rings. The second kappa shape index (κ2) is 11.1. The second-order valence-electron chi connectivity index (χ2n) is 9.02. The molecule has 6 heteroatoms. The van der Waals surface area contributed by atoms with E-state index in [4.69, 9.17) is 0 Å². The lowest BCUT2D eigenvalue weighted by atomic mass is 9.84. The molecule has 32 heavy (non-hydrogen) atoms. The standard InChI is InChI=1S/C26H34N4O2/c31-25(27-23-13-11-21(12-14-23)20-7-3-1-4-8-20)19-30-17-15-24(16-18-30)29-26(32)28-22-9-5-2-6-10-22/h2,5-6,9-14,20,24H,1,3-4,7-8,15-19H2,(H,27,31)(H2,28,29,32). The highest BCUT2D eigenvalue weighted by atomic mass is 16.2. The number of urea groups is 1. The number of likely N-dealkylation sites (tertiary alicyclic amines) is 1. The van der Waals surface area contributed by atoms with E-state index in [0.717, 1.165) is 37.3 Å². The van der Waals surface area contributed by atoms with Crippen LogP contribution in [0.15, 0.2) is 54.6 Å². The van der Waals surface area contributed by atoms with Crippen molar-refractivity contribution in [3.63, 3.8) is 0 Å². The predicted molar refractivity (Wildman–Crippen MR) is 129 cm³/mol. The summed E-state index contributed by atoms with van der Waals surface area (Å²) in [5.41, 5.74) is 3.04. The van der Waals surface area contributed by atoms with E-state index in [2.05, 4.69) is 33.0 Å². The van der Waals surface area contributed by atoms with E-state index in [0.29, 0.717) is 12.5 Å². The molecule has 0 atom stereocenters. The van der Waals surface area contributed by atoms with Crippen LogP contribution in [0.1, 0.15) is 56.4 Å². The van der Waals surface area contributed by atoms with E-state index in [1.165, 1.54) is 37.7 Å². The summed E-state index contributed by atoms with van der Waals surface area (Å²) in [5.74, 6) is 0.696. The Kier molecular flexibility index (Phi) is 7.77. The molecular weight excluding hydrogens is 400 g/mol. The van der Waals surface area contributed by atoms with Crippen molar-refractivity contribution < 1.29 is 9.59 Å². The molecule has 6 nitrogen and oxygen atoms in total. The fourth-order valence-electron chi connectivity index (χ4n) is 4.79. The zero-order valence-electron chi connectivity index (χ0n) is 18.7. The molecule has 1 heterocycles. The minimum atomic E-state index is -0.177. The molecule has 0 unspecified atom stereocenters. The Labute approximate surface area is 190 Å². The van der Waals surface area contributed by atoms with Crippen molar-refractivity contribution in [1.82, 2.24) is 10.2 Å². The van der Waals surface area contributed by atoms with Gasteiger partial charge < -0.3 is 16.0 Å². The normalized spacial score (nSPS) is 18.1. The van der Waals surface area contributed by atoms with Crippen LogP contribution < -0.4 is 16.0 Å². The quantitative estimate of drug-likeness (QED) is 0.602. The first-order valence-corrected chi connectivity index (χ1v) is 11.9. The van der Waals surface area contributed by atoms with Gasteiger partial charge in [0.25, 0.3) is 0 Å². The topological polar surface area (TPSA) is 73.5 Å². The van der Waals surface area contributed by atoms with Gasteiger partial charge in [0, 0.05) is 30.5 Å². The predicted octanol–water partition coefficient (Wildman–Crippen LogP) is 4.96. The minimum absolute atomic E-state index is 0.0173. The Morgan fingerprint density at radius 2 is 1.44 bits per heavy atom. The Bertz CT molecular complexity index is 870. The van der Waals surface area contributed by atoms with E-state index in [-0.39, 0.29) is 18.0 Å². The maximum atomic E-state index is 12.5. The highest BCUT2D eigenvalue weighted by Crippen LogP contribution is 2.32. The Morgan fingerprint density at radius 1 is 0.781 bits per heavy atom. The molecule has 2 fully saturated rings. The number of nitrogens with one attached hydrogen (secondary N) is 3. The Morgan fingerprint density at radius 3 is 2.12 bits per heavy atom. The van der Waals surface area contributed by atoms with Crippen molar-refractivity contribution in [2.24, 2.45) is 0 Å². The van der Waals surface area contributed by atoms with Gasteiger partial charge in [-0.15, -0.1) is 0 Å². The number of nitrogens with zero attached hydrogens (tertiary/aromatic N) is 1. The number of anilines is 2. The van der Waals surface area contributed by atoms with E-state index in [9.17, 15) is 9.59 Å². The molecule has 1 saturated heterocycles. The molecule has 2 aliphatic rings. The lowest BCUT2D eigenvalue weighted by Gasteiger charge is -2.31. The van der Waals surface area contributed by atoms with Gasteiger partial charge in [-0.3, -0.25) is 9.69 Å². The number of amides is 3. The summed E-state index contributed by atoms with van der Waals surface area (Å²) in [6.45, 7) is 1.97. The van der Waals surface area contributed by atoms with Gasteiger partial charge in [-0.25, -0.2) is 4.79 Å². The average molecular weight is 435 g/mol. The first-order chi connectivity index (χ1) is 15.7. The van der Waals surface area contributed by atoms with Crippen molar-refractivity contribution in [1.29, 1.82) is 0 Å². The molecule has 0 radical (unpaired) electrons. The molecule has 0 bridgehead atoms. The summed E-state index contributed by atoms with van der Waals surface area (Å²) >= 11 is 0. The van der Waals surface area contributed by atoms with Gasteiger partial charge in [-0.1, -0.05) is 49.6 Å². The van der Waals surface area contributed by atoms with Crippen LogP contribution in [0.4, 0.5) is 16.2 Å². The maximum Gasteiger partial charge on any atom is 0.319 e. The first-order valence-electron chi connectivity index (χ1n) is 11.9. The fraction of sp³-hybridized carbons (Fsp3) is 0.462. The van der Waals surface area contributed by atoms with E-state index in [1.54, 1.807) is 0 Å². The Balaban J connectivity index is 1.16. The van der Waals surface area contributed by atoms with Gasteiger partial charge in [-0.2, -0.15) is 0 Å². The lowest BCUT2D eigenvalue weighted by molar-refractivity contribution is -0.117. The maximum absolute atomic E-state index is 12.5. The third-order valence-corrected chi connectivity index (χ3v) is 6.59. The van der Waals surface area contributed by atoms with E-state index < -0.39 is 0 Å². The van der Waals surface area contributed by atoms with Crippen molar-refractivity contribution in [2.45, 2.75) is 56.9 Å². The number of hydrogen-bond acceptors (Lipinski definition) is 3. The SMILES string of the molecule is O=C(CN1CCC(NC(=O)Nc2ccccc2)CC1)Nc1ccc(C2CCCCC2)cc1. The summed E-state index contributed by atoms with van der Waals surface area (Å²) < 4.78 is 0. The number of piperidine rings is 1. The number of para-hydroxylation sites is 1. The van der Waals surface area contributed by atoms with Crippen molar-refractivity contribution >= 4 is 23.3 Å². The van der Waals surface area contributed by atoms with Crippen LogP contribution in [0.3, 0.4) is 0 Å². The van der Waals surface area contributed by atoms with Crippen molar-refractivity contribution in [3.8, 4) is 0 Å². The van der Waals surface area contributed by atoms with Crippen LogP contribution >= 0.6 is 0 Å². The zero-order valence-corrected chi connectivity index (χ0v) is 18.7. The van der Waals surface area contributed by atoms with Gasteiger partial charge in [-0.05, 0) is 61.4 Å². The van der Waals surface area contributed by atoms with Crippen LogP contribution in [0.25, 0.3) is 0 Å². The molecule has 1 aliphatic heterocycles. The van der Waals surface area contributed by atoms with Crippen LogP contribution in [-0.2, 0) is 4.79 Å². The van der Waals surface area contributed by atoms with Crippen molar-refractivity contribution in [2.75, 3.05) is 30.3 Å². The van der Waals surface area contributed by atoms with E-state index in [1.807, 2.05) is 42.5 Å². The smallest absolute Gasteiger partial charge is 0.319 e. The van der Waals surface area contributed by atoms with Crippen LogP contribution in [0, 0.1) is 0 Å². The van der Waals surface area contributed by atoms with Crippen molar-refractivity contribution in [3.05, 3.63) is 60.2 Å². The highest BCUT2D eigenvalue weighted by Gasteiger charge is 2.22. The van der Waals surface area contributed by atoms with Gasteiger partial charge >= 0.3 is 6.03 Å². The molecule has 0 aromatic heterocycles. The second-order valence-corrected chi connectivity index (χ2v) is 9.02. The zero-order chi connectivity index (χ0) is 22.2. The minimum Gasteiger partial charge on any atom is -0.335 e. The fourth-order valence-corrected chi connectivity index (χ4v) is 4.79. The van der Waals surface area contributed by atoms with E-state index >= 15 is 0 Å². The molecule has 2 aromatic carbocycles. The molecule has 3 amide bonds. The number of rotatable bonds is 6. The Hall–Kier alpha value is -2.86. The molecule has 1 aliphatic carbocycles. The molecule has 3 N–H and O–H groups in total. The number of carbonyl (C=O) groups excluding carboxylic acids is 2. The molecule has 170 valence electrons. The van der Waals surface area contributed by atoms with Crippen LogP contribution in [-0.4, -0.2) is 42.5 Å². The monoisotopic (exact) mass is 434 g/mol. The summed E-state index contributed by atoms with van der Waals surface area (Å²) in [6, 6.07) is 17.8. The summed E-state index contributed by atoms with van der Waals surface area (Å²) in [5, 5.41) is 8.92. The average Bonchev–Trinajstić information content (AvgIpc) is 2.82. The number of hydrogen-bond donors (Lipinski definition) is 3. The molecular formula is C26H34N4O2. The van der Waals surface area contributed by atoms with Gasteiger partial charge in [0.1, 0.15) is 0 Å².